The molecule has 0 spiro atoms. The molecule has 1 aromatic rings. The number of primary amides is 1. The number of aliphatic carboxylic acids is 1. The van der Waals surface area contributed by atoms with Gasteiger partial charge < -0.3 is 27.0 Å². The van der Waals surface area contributed by atoms with Gasteiger partial charge in [0.15, 0.2) is 0 Å². The van der Waals surface area contributed by atoms with Crippen LogP contribution in [0.25, 0.3) is 4.91 Å². The van der Waals surface area contributed by atoms with E-state index in [1.807, 2.05) is 23.9 Å². The Labute approximate surface area is 204 Å². The molecule has 0 bridgehead atoms. The number of aliphatic hydroxyl groups is 1. The van der Waals surface area contributed by atoms with Gasteiger partial charge in [0.1, 0.15) is 12.3 Å². The highest BCUT2D eigenvalue weighted by Crippen LogP contribution is 2.33. The van der Waals surface area contributed by atoms with Crippen molar-refractivity contribution in [2.75, 3.05) is 12.3 Å². The molecule has 188 valence electrons. The Hall–Kier alpha value is -2.40. The number of carboxylic acids is 1. The third-order valence-electron chi connectivity index (χ3n) is 5.61. The Bertz CT molecular complexity index is 846. The van der Waals surface area contributed by atoms with Crippen LogP contribution < -0.4 is 22.1 Å². The molecule has 8 N–H and O–H groups in total. The number of allylic oxidation sites excluding steroid dienone is 1. The van der Waals surface area contributed by atoms with Crippen LogP contribution in [0, 0.1) is 0 Å². The molecule has 2 unspecified atom stereocenters. The number of hydrogen-bond acceptors (Lipinski definition) is 7. The van der Waals surface area contributed by atoms with Gasteiger partial charge in [0, 0.05) is 17.1 Å². The first-order valence-corrected chi connectivity index (χ1v) is 12.7. The van der Waals surface area contributed by atoms with Crippen LogP contribution in [0.4, 0.5) is 0 Å². The number of nitrogens with two attached hydrogens (primary N) is 2. The summed E-state index contributed by atoms with van der Waals surface area (Å²) in [6.07, 6.45) is 4.57. The van der Waals surface area contributed by atoms with Crippen molar-refractivity contribution < 1.29 is 24.6 Å². The van der Waals surface area contributed by atoms with E-state index in [1.165, 1.54) is 10.5 Å². The summed E-state index contributed by atoms with van der Waals surface area (Å²) in [5.74, 6) is -1.18. The monoisotopic (exact) mass is 492 g/mol. The van der Waals surface area contributed by atoms with E-state index < -0.39 is 36.1 Å². The molecule has 1 aliphatic heterocycles. The molecule has 3 atom stereocenters. The first-order chi connectivity index (χ1) is 16.3. The summed E-state index contributed by atoms with van der Waals surface area (Å²) >= 11 is 1.84. The van der Waals surface area contributed by atoms with E-state index in [4.69, 9.17) is 16.6 Å². The second-order valence-corrected chi connectivity index (χ2v) is 9.49. The molecule has 2 amide bonds. The van der Waals surface area contributed by atoms with E-state index in [-0.39, 0.29) is 12.8 Å². The Morgan fingerprint density at radius 2 is 1.79 bits per heavy atom. The zero-order chi connectivity index (χ0) is 24.9. The topological polar surface area (TPSA) is 168 Å². The van der Waals surface area contributed by atoms with E-state index >= 15 is 0 Å². The number of aliphatic hydroxyl groups excluding tert-OH is 1. The smallest absolute Gasteiger partial charge is 0.303 e. The number of benzene rings is 1. The molecule has 1 aliphatic rings. The summed E-state index contributed by atoms with van der Waals surface area (Å²) < 4.78 is 0. The predicted molar refractivity (Wildman–Crippen MR) is 134 cm³/mol. The number of hydrogen-bond donors (Lipinski definition) is 6. The lowest BCUT2D eigenvalue weighted by atomic mass is 10.0. The minimum atomic E-state index is -1.06. The average molecular weight is 493 g/mol. The van der Waals surface area contributed by atoms with Crippen LogP contribution in [0.1, 0.15) is 56.1 Å². The lowest BCUT2D eigenvalue weighted by Crippen LogP contribution is -2.53. The van der Waals surface area contributed by atoms with Crippen LogP contribution in [0.3, 0.4) is 0 Å². The van der Waals surface area contributed by atoms with Crippen molar-refractivity contribution in [2.24, 2.45) is 11.5 Å². The standard InChI is InChI=1S/C24H36N4O5S/c25-14-2-1-4-18(23(26)32)28-24(33)19(11-13-22(30)31)27-21(29)12-8-16-6-9-17(10-7-16)20-5-3-15-34-20/h5-7,9-10,18-19,21,27,29H,1-4,8,11-15,25H2,(H2,26,32)(H,28,33)(H,30,31)/t18-,19?,21?/m0/s1. The third-order valence-corrected chi connectivity index (χ3v) is 6.77. The Morgan fingerprint density at radius 3 is 2.38 bits per heavy atom. The van der Waals surface area contributed by atoms with Crippen LogP contribution in [-0.2, 0) is 20.8 Å². The molecular formula is C24H36N4O5S. The molecule has 0 aliphatic carbocycles. The quantitative estimate of drug-likeness (QED) is 0.148. The Kier molecular flexibility index (Phi) is 12.1. The van der Waals surface area contributed by atoms with Gasteiger partial charge in [-0.1, -0.05) is 30.3 Å². The first-order valence-electron chi connectivity index (χ1n) is 11.7. The zero-order valence-electron chi connectivity index (χ0n) is 19.4. The fraction of sp³-hybridized carbons (Fsp3) is 0.542. The summed E-state index contributed by atoms with van der Waals surface area (Å²) in [5, 5.41) is 24.9. The lowest BCUT2D eigenvalue weighted by molar-refractivity contribution is -0.137. The van der Waals surface area contributed by atoms with Crippen molar-refractivity contribution >= 4 is 34.5 Å². The van der Waals surface area contributed by atoms with Crippen molar-refractivity contribution in [3.63, 3.8) is 0 Å². The number of rotatable bonds is 16. The van der Waals surface area contributed by atoms with Gasteiger partial charge in [-0.25, -0.2) is 0 Å². The molecule has 9 nitrogen and oxygen atoms in total. The number of carbonyl (C=O) groups is 3. The van der Waals surface area contributed by atoms with Crippen molar-refractivity contribution in [2.45, 2.75) is 69.7 Å². The highest BCUT2D eigenvalue weighted by atomic mass is 32.2. The zero-order valence-corrected chi connectivity index (χ0v) is 20.2. The van der Waals surface area contributed by atoms with Crippen LogP contribution in [0.5, 0.6) is 0 Å². The van der Waals surface area contributed by atoms with E-state index in [1.54, 1.807) is 0 Å². The van der Waals surface area contributed by atoms with Crippen LogP contribution in [0.2, 0.25) is 0 Å². The number of unbranched alkanes of at least 4 members (excludes halogenated alkanes) is 1. The van der Waals surface area contributed by atoms with Gasteiger partial charge in [0.05, 0.1) is 6.04 Å². The summed E-state index contributed by atoms with van der Waals surface area (Å²) in [5.41, 5.74) is 13.1. The normalized spacial score (nSPS) is 15.9. The summed E-state index contributed by atoms with van der Waals surface area (Å²) in [6.45, 7) is 0.466. The molecular weight excluding hydrogens is 456 g/mol. The minimum Gasteiger partial charge on any atom is -0.481 e. The SMILES string of the molecule is NCCCC[C@H](NC(=O)C(CCC(=O)O)NC(O)CCc1ccc(C2=CCCS2)cc1)C(N)=O. The molecule has 0 saturated carbocycles. The van der Waals surface area contributed by atoms with Gasteiger partial charge in [-0.15, -0.1) is 11.8 Å². The molecule has 10 heteroatoms. The van der Waals surface area contributed by atoms with Gasteiger partial charge in [-0.05, 0) is 62.6 Å². The molecule has 0 saturated heterocycles. The maximum absolute atomic E-state index is 12.8. The van der Waals surface area contributed by atoms with Crippen LogP contribution >= 0.6 is 11.8 Å². The number of thioether (sulfide) groups is 1. The van der Waals surface area contributed by atoms with E-state index in [9.17, 15) is 19.5 Å². The summed E-state index contributed by atoms with van der Waals surface area (Å²) in [6, 6.07) is 6.33. The molecule has 0 radical (unpaired) electrons. The molecule has 1 aromatic carbocycles. The summed E-state index contributed by atoms with van der Waals surface area (Å²) in [7, 11) is 0. The number of carboxylic acid groups (broad SMARTS) is 1. The van der Waals surface area contributed by atoms with Crippen molar-refractivity contribution in [1.82, 2.24) is 10.6 Å². The lowest BCUT2D eigenvalue weighted by Gasteiger charge is -2.24. The van der Waals surface area contributed by atoms with E-state index in [0.29, 0.717) is 38.6 Å². The van der Waals surface area contributed by atoms with E-state index in [2.05, 4.69) is 28.8 Å². The highest BCUT2D eigenvalue weighted by molar-refractivity contribution is 8.08. The maximum Gasteiger partial charge on any atom is 0.303 e. The Morgan fingerprint density at radius 1 is 1.06 bits per heavy atom. The second kappa shape index (κ2) is 14.8. The van der Waals surface area contributed by atoms with E-state index in [0.717, 1.165) is 17.7 Å². The fourth-order valence-corrected chi connectivity index (χ4v) is 4.68. The molecule has 2 rings (SSSR count). The highest BCUT2D eigenvalue weighted by Gasteiger charge is 2.26. The second-order valence-electron chi connectivity index (χ2n) is 8.36. The Balaban J connectivity index is 1.91. The number of aryl methyl sites for hydroxylation is 1. The number of nitrogens with one attached hydrogen (secondary N) is 2. The van der Waals surface area contributed by atoms with Crippen molar-refractivity contribution in [1.29, 1.82) is 0 Å². The number of amides is 2. The van der Waals surface area contributed by atoms with Crippen molar-refractivity contribution in [3.05, 3.63) is 41.5 Å². The molecule has 1 heterocycles. The predicted octanol–water partition coefficient (Wildman–Crippen LogP) is 1.34. The third kappa shape index (κ3) is 9.84. The average Bonchev–Trinajstić information content (AvgIpc) is 3.35. The van der Waals surface area contributed by atoms with Gasteiger partial charge >= 0.3 is 5.97 Å². The molecule has 34 heavy (non-hydrogen) atoms. The van der Waals surface area contributed by atoms with Gasteiger partial charge in [-0.2, -0.15) is 0 Å². The maximum atomic E-state index is 12.8. The van der Waals surface area contributed by atoms with Gasteiger partial charge in [0.2, 0.25) is 11.8 Å². The molecule has 0 aromatic heterocycles. The summed E-state index contributed by atoms with van der Waals surface area (Å²) in [4.78, 5) is 36.8. The molecule has 0 fully saturated rings. The fourth-order valence-electron chi connectivity index (χ4n) is 3.68. The largest absolute Gasteiger partial charge is 0.481 e. The van der Waals surface area contributed by atoms with Crippen LogP contribution in [-0.4, -0.2) is 58.6 Å². The van der Waals surface area contributed by atoms with Crippen LogP contribution in [0.15, 0.2) is 30.3 Å². The number of carbonyl (C=O) groups excluding carboxylic acids is 2. The first kappa shape index (κ1) is 27.8. The minimum absolute atomic E-state index is 0.0337. The van der Waals surface area contributed by atoms with Gasteiger partial charge in [0.25, 0.3) is 0 Å². The van der Waals surface area contributed by atoms with Gasteiger partial charge in [-0.3, -0.25) is 19.7 Å². The van der Waals surface area contributed by atoms with Crippen molar-refractivity contribution in [3.8, 4) is 0 Å².